The van der Waals surface area contributed by atoms with Crippen LogP contribution in [0.25, 0.3) is 67.1 Å². The van der Waals surface area contributed by atoms with E-state index in [0.717, 1.165) is 50.8 Å². The summed E-state index contributed by atoms with van der Waals surface area (Å²) < 4.78 is 110. The van der Waals surface area contributed by atoms with Gasteiger partial charge in [-0.15, -0.1) is 18.5 Å². The van der Waals surface area contributed by atoms with E-state index in [0.29, 0.717) is 39.0 Å². The molecule has 0 radical (unpaired) electrons. The monoisotopic (exact) mass is 872 g/mol. The molecule has 11 aromatic rings. The van der Waals surface area contributed by atoms with Gasteiger partial charge in [0.15, 0.2) is 0 Å². The number of aryl methyl sites for hydroxylation is 1. The van der Waals surface area contributed by atoms with Gasteiger partial charge in [-0.05, 0) is 95.7 Å². The quantitative estimate of drug-likeness (QED) is 0.0725. The van der Waals surface area contributed by atoms with Gasteiger partial charge in [0.2, 0.25) is 0 Å². The molecule has 0 saturated heterocycles. The van der Waals surface area contributed by atoms with Crippen molar-refractivity contribution in [3.63, 3.8) is 0 Å². The van der Waals surface area contributed by atoms with E-state index < -0.39 is 40.1 Å². The lowest BCUT2D eigenvalue weighted by molar-refractivity contribution is 0.480. The highest BCUT2D eigenvalue weighted by Crippen LogP contribution is 2.39. The van der Waals surface area contributed by atoms with Crippen molar-refractivity contribution < 1.29 is 38.9 Å². The van der Waals surface area contributed by atoms with Gasteiger partial charge in [0, 0.05) is 16.2 Å². The number of nitrogens with zero attached hydrogens (tertiary/aromatic N) is 8. The van der Waals surface area contributed by atoms with Gasteiger partial charge in [-0.1, -0.05) is 66.7 Å². The standard InChI is InChI=1S/C41H28N8O9S3/c1-24-20-29(14-19-35(24)45-47-37-23-39(61(56,57)58)34-22-31(59(50,51)52)16-17-33(34)41(37)49(45)47)43-42-28-12-7-25(8-13-28)6-9-27-10-15-30(21-38(27)60(53,54)55)44-46-36-18-11-26-4-2-3-5-32(26)40(36)48(44)46/h2-23H,1H3,(H,50,51,52)(H,53,54,55)(H,56,57,58). The van der Waals surface area contributed by atoms with E-state index in [2.05, 4.69) is 10.2 Å². The molecule has 20 heteroatoms. The van der Waals surface area contributed by atoms with Gasteiger partial charge in [0.05, 0.1) is 27.6 Å². The van der Waals surface area contributed by atoms with E-state index in [1.807, 2.05) is 69.5 Å². The molecule has 0 atom stereocenters. The lowest BCUT2D eigenvalue weighted by atomic mass is 10.1. The predicted molar refractivity (Wildman–Crippen MR) is 226 cm³/mol. The number of benzene rings is 7. The molecule has 0 fully saturated rings. The van der Waals surface area contributed by atoms with Crippen LogP contribution in [0.4, 0.5) is 11.4 Å². The summed E-state index contributed by atoms with van der Waals surface area (Å²) in [5.41, 5.74) is 7.37. The Morgan fingerprint density at radius 2 is 1.21 bits per heavy atom. The summed E-state index contributed by atoms with van der Waals surface area (Å²) in [6.45, 7) is 1.87. The normalized spacial score (nSPS) is 13.5. The third-order valence-electron chi connectivity index (χ3n) is 10.9. The van der Waals surface area contributed by atoms with Crippen LogP contribution in [-0.2, 0) is 30.4 Å². The summed E-state index contributed by atoms with van der Waals surface area (Å²) in [4.78, 5) is 2.38. The fraction of sp³-hybridized carbons (Fsp3) is 0.0244. The minimum Gasteiger partial charge on any atom is -0.282 e. The van der Waals surface area contributed by atoms with Crippen molar-refractivity contribution in [3.05, 3.63) is 138 Å². The molecule has 7 aromatic carbocycles. The first-order valence-corrected chi connectivity index (χ1v) is 22.7. The molecule has 0 bridgehead atoms. The lowest BCUT2D eigenvalue weighted by Crippen LogP contribution is -2.04. The Balaban J connectivity index is 0.825. The van der Waals surface area contributed by atoms with Gasteiger partial charge in [-0.25, -0.2) is 0 Å². The molecule has 3 N–H and O–H groups in total. The summed E-state index contributed by atoms with van der Waals surface area (Å²) in [5, 5.41) is 11.2. The second-order valence-electron chi connectivity index (χ2n) is 14.6. The molecule has 11 rings (SSSR count). The van der Waals surface area contributed by atoms with Crippen LogP contribution in [0, 0.1) is 6.92 Å². The minimum atomic E-state index is -4.76. The first kappa shape index (κ1) is 37.0. The summed E-state index contributed by atoms with van der Waals surface area (Å²) in [6.07, 6.45) is 3.35. The predicted octanol–water partition coefficient (Wildman–Crippen LogP) is 8.10. The van der Waals surface area contributed by atoms with Crippen LogP contribution in [0.2, 0.25) is 0 Å². The average Bonchev–Trinajstić information content (AvgIpc) is 4.07. The van der Waals surface area contributed by atoms with Crippen LogP contribution in [0.3, 0.4) is 0 Å². The van der Waals surface area contributed by atoms with Crippen LogP contribution in [-0.4, -0.2) is 67.0 Å². The number of hydrogen-bond acceptors (Lipinski definition) is 8. The molecular formula is C41H28N8O9S3. The van der Waals surface area contributed by atoms with Gasteiger partial charge in [-0.2, -0.15) is 45.1 Å². The highest BCUT2D eigenvalue weighted by atomic mass is 32.2. The van der Waals surface area contributed by atoms with Crippen LogP contribution in [0.1, 0.15) is 16.7 Å². The second kappa shape index (κ2) is 12.5. The Morgan fingerprint density at radius 3 is 1.95 bits per heavy atom. The first-order chi connectivity index (χ1) is 29.1. The molecule has 0 aliphatic carbocycles. The van der Waals surface area contributed by atoms with E-state index >= 15 is 0 Å². The number of azo groups is 1. The van der Waals surface area contributed by atoms with Gasteiger partial charge >= 0.3 is 0 Å². The molecule has 0 aliphatic rings. The summed E-state index contributed by atoms with van der Waals surface area (Å²) in [7, 11) is -14.0. The third kappa shape index (κ3) is 5.79. The van der Waals surface area contributed by atoms with Crippen LogP contribution >= 0.6 is 0 Å². The molecule has 0 unspecified atom stereocenters. The number of fused-ring (bicyclic) bond motifs is 12. The first-order valence-electron chi connectivity index (χ1n) is 18.4. The highest BCUT2D eigenvalue weighted by molar-refractivity contribution is 7.86. The Kier molecular flexibility index (Phi) is 7.57. The van der Waals surface area contributed by atoms with E-state index in [1.165, 1.54) is 18.2 Å². The zero-order valence-corrected chi connectivity index (χ0v) is 33.7. The van der Waals surface area contributed by atoms with Gasteiger partial charge < -0.3 is 0 Å². The zero-order chi connectivity index (χ0) is 42.3. The maximum atomic E-state index is 12.5. The van der Waals surface area contributed by atoms with Crippen molar-refractivity contribution in [2.45, 2.75) is 21.6 Å². The van der Waals surface area contributed by atoms with Gasteiger partial charge in [0.25, 0.3) is 30.4 Å². The molecule has 304 valence electrons. The molecule has 0 saturated carbocycles. The van der Waals surface area contributed by atoms with Crippen molar-refractivity contribution in [1.29, 1.82) is 0 Å². The molecular weight excluding hydrogens is 845 g/mol. The molecule has 4 heterocycles. The van der Waals surface area contributed by atoms with E-state index in [-0.39, 0.29) is 10.3 Å². The zero-order valence-electron chi connectivity index (χ0n) is 31.3. The fourth-order valence-electron chi connectivity index (χ4n) is 7.96. The Hall–Kier alpha value is -7.07. The average molecular weight is 873 g/mol. The Bertz CT molecular complexity index is 4030. The Morgan fingerprint density at radius 1 is 0.525 bits per heavy atom. The molecule has 0 amide bonds. The maximum Gasteiger partial charge on any atom is 0.295 e. The smallest absolute Gasteiger partial charge is 0.282 e. The van der Waals surface area contributed by atoms with Gasteiger partial charge in [0.1, 0.15) is 31.9 Å². The van der Waals surface area contributed by atoms with E-state index in [9.17, 15) is 38.9 Å². The van der Waals surface area contributed by atoms with Crippen LogP contribution in [0.15, 0.2) is 146 Å². The van der Waals surface area contributed by atoms with Gasteiger partial charge in [-0.3, -0.25) is 13.7 Å². The van der Waals surface area contributed by atoms with Crippen molar-refractivity contribution >= 4 is 97.5 Å². The number of rotatable bonds is 9. The molecule has 17 nitrogen and oxygen atoms in total. The molecule has 0 aliphatic heterocycles. The second-order valence-corrected chi connectivity index (χ2v) is 18.8. The van der Waals surface area contributed by atoms with E-state index in [4.69, 9.17) is 0 Å². The SMILES string of the molecule is Cc1cc(N=Nc2ccc(C=Cc3ccc(-n4n5c6ccc7ccccc7c6n45)cc3S(=O)(=O)O)cc2)ccc1-n1n2c3cc(S(=O)(=O)O)c4cc(S(=O)(=O)O)ccc4c3n12. The highest BCUT2D eigenvalue weighted by Gasteiger charge is 2.31. The number of hydrogen-bond donors (Lipinski definition) is 3. The maximum absolute atomic E-state index is 12.5. The van der Waals surface area contributed by atoms with Crippen molar-refractivity contribution in [2.24, 2.45) is 10.2 Å². The van der Waals surface area contributed by atoms with Crippen LogP contribution < -0.4 is 0 Å². The topological polar surface area (TPSA) is 215 Å². The van der Waals surface area contributed by atoms with Crippen molar-refractivity contribution in [3.8, 4) is 11.4 Å². The minimum absolute atomic E-state index is 0.0625. The molecule has 4 aromatic heterocycles. The summed E-state index contributed by atoms with van der Waals surface area (Å²) in [5.74, 6) is 0. The van der Waals surface area contributed by atoms with Crippen molar-refractivity contribution in [1.82, 2.24) is 28.1 Å². The number of aromatic nitrogens is 6. The molecule has 0 spiro atoms. The van der Waals surface area contributed by atoms with Crippen molar-refractivity contribution in [2.75, 3.05) is 0 Å². The fourth-order valence-corrected chi connectivity index (χ4v) is 9.87. The van der Waals surface area contributed by atoms with Crippen LogP contribution in [0.5, 0.6) is 0 Å². The third-order valence-corrected chi connectivity index (χ3v) is 13.5. The largest absolute Gasteiger partial charge is 0.295 e. The van der Waals surface area contributed by atoms with E-state index in [1.54, 1.807) is 68.7 Å². The Labute approximate surface area is 344 Å². The summed E-state index contributed by atoms with van der Waals surface area (Å²) in [6, 6.07) is 34.3. The molecule has 61 heavy (non-hydrogen) atoms. The lowest BCUT2D eigenvalue weighted by Gasteiger charge is -2.09. The summed E-state index contributed by atoms with van der Waals surface area (Å²) >= 11 is 0.